The maximum atomic E-state index is 13.1. The molecule has 0 fully saturated rings. The summed E-state index contributed by atoms with van der Waals surface area (Å²) in [5.41, 5.74) is 2.29. The third-order valence-electron chi connectivity index (χ3n) is 5.32. The van der Waals surface area contributed by atoms with Gasteiger partial charge in [0.05, 0.1) is 36.1 Å². The van der Waals surface area contributed by atoms with Crippen molar-refractivity contribution in [3.8, 4) is 23.0 Å². The highest BCUT2D eigenvalue weighted by Crippen LogP contribution is 2.36. The number of esters is 1. The zero-order chi connectivity index (χ0) is 24.9. The number of hydrogen-bond donors (Lipinski definition) is 1. The van der Waals surface area contributed by atoms with Crippen LogP contribution in [0.4, 0.5) is 5.69 Å². The topological polar surface area (TPSA) is 99.9 Å². The summed E-state index contributed by atoms with van der Waals surface area (Å²) in [6.07, 6.45) is -0.820. The first-order chi connectivity index (χ1) is 16.9. The molecule has 1 aromatic heterocycles. The fourth-order valence-corrected chi connectivity index (χ4v) is 3.76. The fourth-order valence-electron chi connectivity index (χ4n) is 3.52. The van der Waals surface area contributed by atoms with Gasteiger partial charge in [0.15, 0.2) is 11.7 Å². The molecule has 180 valence electrons. The molecule has 4 aromatic rings. The van der Waals surface area contributed by atoms with Crippen molar-refractivity contribution >= 4 is 40.3 Å². The number of oxazole rings is 1. The lowest BCUT2D eigenvalue weighted by molar-refractivity contribution is -0.124. The molecule has 0 bridgehead atoms. The van der Waals surface area contributed by atoms with Crippen molar-refractivity contribution in [1.82, 2.24) is 4.98 Å². The number of aromatic nitrogens is 1. The predicted octanol–water partition coefficient (Wildman–Crippen LogP) is 5.74. The molecule has 35 heavy (non-hydrogen) atoms. The maximum Gasteiger partial charge on any atom is 0.339 e. The third kappa shape index (κ3) is 5.07. The van der Waals surface area contributed by atoms with Crippen LogP contribution >= 0.6 is 11.6 Å². The molecule has 0 aliphatic carbocycles. The van der Waals surface area contributed by atoms with E-state index in [1.165, 1.54) is 20.3 Å². The second-order valence-corrected chi connectivity index (χ2v) is 7.92. The fraction of sp³-hybridized carbons (Fsp3) is 0.192. The van der Waals surface area contributed by atoms with Crippen LogP contribution in [0, 0.1) is 0 Å². The van der Waals surface area contributed by atoms with E-state index in [2.05, 4.69) is 10.3 Å². The number of nitrogens with zero attached hydrogens (tertiary/aromatic N) is 1. The van der Waals surface area contributed by atoms with Gasteiger partial charge in [-0.05, 0) is 36.8 Å². The van der Waals surface area contributed by atoms with E-state index in [9.17, 15) is 9.59 Å². The van der Waals surface area contributed by atoms with Crippen LogP contribution in [-0.2, 0) is 9.53 Å². The lowest BCUT2D eigenvalue weighted by atomic mass is 10.1. The predicted molar refractivity (Wildman–Crippen MR) is 132 cm³/mol. The minimum atomic E-state index is -1.07. The van der Waals surface area contributed by atoms with E-state index in [-0.39, 0.29) is 17.9 Å². The smallest absolute Gasteiger partial charge is 0.339 e. The average Bonchev–Trinajstić information content (AvgIpc) is 3.31. The Hall–Kier alpha value is -4.04. The number of fused-ring (bicyclic) bond motifs is 1. The van der Waals surface area contributed by atoms with Crippen LogP contribution in [-0.4, -0.2) is 37.2 Å². The number of para-hydroxylation sites is 2. The van der Waals surface area contributed by atoms with Gasteiger partial charge >= 0.3 is 5.97 Å². The third-order valence-corrected chi connectivity index (χ3v) is 5.61. The standard InChI is InChI=1S/C26H23ClN2O6/c1-4-20(24(30)28-19-13-17(27)22(32-2)14-23(19)33-3)35-26(31)16-10-6-5-9-15(16)25-29-18-11-7-8-12-21(18)34-25/h5-14,20H,4H2,1-3H3,(H,28,30). The van der Waals surface area contributed by atoms with Gasteiger partial charge in [0.25, 0.3) is 5.91 Å². The van der Waals surface area contributed by atoms with E-state index in [1.54, 1.807) is 43.3 Å². The molecular weight excluding hydrogens is 472 g/mol. The number of hydrogen-bond acceptors (Lipinski definition) is 7. The van der Waals surface area contributed by atoms with Gasteiger partial charge in [-0.2, -0.15) is 0 Å². The molecule has 1 atom stereocenters. The number of carbonyl (C=O) groups is 2. The Balaban J connectivity index is 1.56. The quantitative estimate of drug-likeness (QED) is 0.312. The monoisotopic (exact) mass is 494 g/mol. The van der Waals surface area contributed by atoms with Crippen molar-refractivity contribution < 1.29 is 28.2 Å². The molecule has 3 aromatic carbocycles. The number of ether oxygens (including phenoxy) is 3. The number of carbonyl (C=O) groups excluding carboxylic acids is 2. The molecule has 4 rings (SSSR count). The summed E-state index contributed by atoms with van der Waals surface area (Å²) in [5.74, 6) is -0.170. The van der Waals surface area contributed by atoms with Crippen molar-refractivity contribution in [2.75, 3.05) is 19.5 Å². The van der Waals surface area contributed by atoms with Crippen molar-refractivity contribution in [1.29, 1.82) is 0 Å². The van der Waals surface area contributed by atoms with Gasteiger partial charge < -0.3 is 23.9 Å². The van der Waals surface area contributed by atoms with Gasteiger partial charge in [-0.25, -0.2) is 9.78 Å². The second kappa shape index (κ2) is 10.5. The number of benzene rings is 3. The van der Waals surface area contributed by atoms with E-state index in [0.717, 1.165) is 0 Å². The molecule has 1 N–H and O–H groups in total. The van der Waals surface area contributed by atoms with Crippen LogP contribution in [0.3, 0.4) is 0 Å². The van der Waals surface area contributed by atoms with Crippen LogP contribution in [0.5, 0.6) is 11.5 Å². The van der Waals surface area contributed by atoms with Gasteiger partial charge in [0.1, 0.15) is 17.0 Å². The first kappa shape index (κ1) is 24.1. The van der Waals surface area contributed by atoms with Crippen LogP contribution in [0.15, 0.2) is 65.1 Å². The Morgan fingerprint density at radius 2 is 1.74 bits per heavy atom. The first-order valence-corrected chi connectivity index (χ1v) is 11.2. The van der Waals surface area contributed by atoms with E-state index in [4.69, 9.17) is 30.2 Å². The van der Waals surface area contributed by atoms with Crippen LogP contribution in [0.1, 0.15) is 23.7 Å². The number of amides is 1. The molecule has 0 radical (unpaired) electrons. The molecule has 0 aliphatic heterocycles. The van der Waals surface area contributed by atoms with Gasteiger partial charge in [0.2, 0.25) is 5.89 Å². The van der Waals surface area contributed by atoms with Crippen LogP contribution in [0.2, 0.25) is 5.02 Å². The van der Waals surface area contributed by atoms with Crippen LogP contribution < -0.4 is 14.8 Å². The Morgan fingerprint density at radius 1 is 1.03 bits per heavy atom. The molecule has 8 nitrogen and oxygen atoms in total. The second-order valence-electron chi connectivity index (χ2n) is 7.51. The Kier molecular flexibility index (Phi) is 7.22. The molecule has 1 unspecified atom stereocenters. The minimum absolute atomic E-state index is 0.232. The highest BCUT2D eigenvalue weighted by Gasteiger charge is 2.26. The summed E-state index contributed by atoms with van der Waals surface area (Å²) in [4.78, 5) is 30.5. The number of halogens is 1. The van der Waals surface area contributed by atoms with Crippen molar-refractivity contribution in [3.63, 3.8) is 0 Å². The summed E-state index contributed by atoms with van der Waals surface area (Å²) in [6.45, 7) is 1.74. The van der Waals surface area contributed by atoms with E-state index < -0.39 is 18.0 Å². The minimum Gasteiger partial charge on any atom is -0.495 e. The summed E-state index contributed by atoms with van der Waals surface area (Å²) < 4.78 is 21.9. The van der Waals surface area contributed by atoms with Crippen molar-refractivity contribution in [3.05, 3.63) is 71.2 Å². The maximum absolute atomic E-state index is 13.1. The van der Waals surface area contributed by atoms with E-state index in [1.807, 2.05) is 18.2 Å². The lowest BCUT2D eigenvalue weighted by Crippen LogP contribution is -2.32. The first-order valence-electron chi connectivity index (χ1n) is 10.8. The summed E-state index contributed by atoms with van der Waals surface area (Å²) in [6, 6.07) is 17.2. The number of methoxy groups -OCH3 is 2. The van der Waals surface area contributed by atoms with Crippen molar-refractivity contribution in [2.45, 2.75) is 19.4 Å². The highest BCUT2D eigenvalue weighted by molar-refractivity contribution is 6.32. The SMILES string of the molecule is CCC(OC(=O)c1ccccc1-c1nc2ccccc2o1)C(=O)Nc1cc(Cl)c(OC)cc1OC. The summed E-state index contributed by atoms with van der Waals surface area (Å²) in [7, 11) is 2.93. The van der Waals surface area contributed by atoms with Gasteiger partial charge in [0, 0.05) is 6.07 Å². The van der Waals surface area contributed by atoms with Gasteiger partial charge in [-0.3, -0.25) is 4.79 Å². The lowest BCUT2D eigenvalue weighted by Gasteiger charge is -2.18. The average molecular weight is 495 g/mol. The van der Waals surface area contributed by atoms with Crippen LogP contribution in [0.25, 0.3) is 22.6 Å². The van der Waals surface area contributed by atoms with Crippen molar-refractivity contribution in [2.24, 2.45) is 0 Å². The summed E-state index contributed by atoms with van der Waals surface area (Å²) >= 11 is 6.19. The molecule has 0 saturated carbocycles. The largest absolute Gasteiger partial charge is 0.495 e. The molecule has 0 spiro atoms. The molecule has 1 heterocycles. The molecule has 1 amide bonds. The number of rotatable bonds is 8. The van der Waals surface area contributed by atoms with E-state index >= 15 is 0 Å². The molecule has 9 heteroatoms. The van der Waals surface area contributed by atoms with E-state index in [0.29, 0.717) is 38.9 Å². The number of nitrogens with one attached hydrogen (secondary N) is 1. The zero-order valence-electron chi connectivity index (χ0n) is 19.3. The summed E-state index contributed by atoms with van der Waals surface area (Å²) in [5, 5.41) is 3.01. The molecule has 0 aliphatic rings. The normalized spacial score (nSPS) is 11.7. The Bertz CT molecular complexity index is 1350. The Labute approximate surface area is 206 Å². The Morgan fingerprint density at radius 3 is 2.46 bits per heavy atom. The highest BCUT2D eigenvalue weighted by atomic mass is 35.5. The molecular formula is C26H23ClN2O6. The van der Waals surface area contributed by atoms with Gasteiger partial charge in [-0.1, -0.05) is 42.8 Å². The van der Waals surface area contributed by atoms with Gasteiger partial charge in [-0.15, -0.1) is 0 Å². The number of anilines is 1. The molecule has 0 saturated heterocycles. The zero-order valence-corrected chi connectivity index (χ0v) is 20.1.